The maximum Gasteiger partial charge on any atom is 0.212 e. The van der Waals surface area contributed by atoms with E-state index < -0.39 is 0 Å². The van der Waals surface area contributed by atoms with E-state index in [-0.39, 0.29) is 5.75 Å². The first-order valence-corrected chi connectivity index (χ1v) is 9.27. The van der Waals surface area contributed by atoms with Gasteiger partial charge in [0.25, 0.3) is 0 Å². The van der Waals surface area contributed by atoms with E-state index in [1.165, 1.54) is 19.8 Å². The predicted molar refractivity (Wildman–Crippen MR) is 104 cm³/mol. The molecule has 2 heterocycles. The molecule has 0 radical (unpaired) electrons. The second-order valence-electron chi connectivity index (χ2n) is 6.05. The largest absolute Gasteiger partial charge is 0.502 e. The molecular weight excluding hydrogens is 364 g/mol. The fraction of sp³-hybridized carbons (Fsp3) is 0.211. The van der Waals surface area contributed by atoms with Crippen LogP contribution in [-0.4, -0.2) is 45.7 Å². The van der Waals surface area contributed by atoms with Gasteiger partial charge in [-0.3, -0.25) is 0 Å². The standard InChI is InChI=1S/C19H18N4O3S/c1-11-4-6-12(7-5-11)14-10-27-19-21-20-18(23(19)22-14)13-8-15(25-2)17(24)16(9-13)26-3/h4-9,24H,10H2,1-3H3. The Morgan fingerprint density at radius 3 is 2.30 bits per heavy atom. The van der Waals surface area contributed by atoms with E-state index in [1.54, 1.807) is 28.6 Å². The lowest BCUT2D eigenvalue weighted by Gasteiger charge is -2.15. The Morgan fingerprint density at radius 1 is 1.00 bits per heavy atom. The van der Waals surface area contributed by atoms with Gasteiger partial charge < -0.3 is 14.6 Å². The Labute approximate surface area is 160 Å². The minimum atomic E-state index is -0.0552. The molecule has 0 fully saturated rings. The Kier molecular flexibility index (Phi) is 4.49. The summed E-state index contributed by atoms with van der Waals surface area (Å²) < 4.78 is 12.2. The van der Waals surface area contributed by atoms with E-state index in [4.69, 9.17) is 14.6 Å². The molecule has 0 saturated heterocycles. The van der Waals surface area contributed by atoms with Crippen LogP contribution in [0.2, 0.25) is 0 Å². The van der Waals surface area contributed by atoms with Gasteiger partial charge in [0.2, 0.25) is 10.9 Å². The van der Waals surface area contributed by atoms with Gasteiger partial charge in [-0.2, -0.15) is 9.78 Å². The predicted octanol–water partition coefficient (Wildman–Crippen LogP) is 3.33. The summed E-state index contributed by atoms with van der Waals surface area (Å²) in [6.45, 7) is 2.06. The number of phenolic OH excluding ortho intramolecular Hbond substituents is 1. The van der Waals surface area contributed by atoms with Crippen molar-refractivity contribution in [1.82, 2.24) is 14.9 Å². The molecule has 0 spiro atoms. The highest BCUT2D eigenvalue weighted by atomic mass is 32.2. The van der Waals surface area contributed by atoms with Gasteiger partial charge in [-0.15, -0.1) is 10.2 Å². The third-order valence-electron chi connectivity index (χ3n) is 4.29. The highest BCUT2D eigenvalue weighted by Crippen LogP contribution is 2.40. The van der Waals surface area contributed by atoms with Crippen molar-refractivity contribution in [3.8, 4) is 28.6 Å². The maximum atomic E-state index is 10.1. The van der Waals surface area contributed by atoms with Crippen molar-refractivity contribution in [2.75, 3.05) is 20.0 Å². The summed E-state index contributed by atoms with van der Waals surface area (Å²) in [4.78, 5) is 0. The zero-order chi connectivity index (χ0) is 19.0. The molecule has 0 amide bonds. The van der Waals surface area contributed by atoms with Crippen LogP contribution < -0.4 is 9.47 Å². The van der Waals surface area contributed by atoms with Crippen LogP contribution in [0.1, 0.15) is 11.1 Å². The SMILES string of the molecule is COc1cc(-c2nnc3n2N=C(c2ccc(C)cc2)CS3)cc(OC)c1O. The summed E-state index contributed by atoms with van der Waals surface area (Å²) in [7, 11) is 2.97. The first kappa shape index (κ1) is 17.4. The first-order valence-electron chi connectivity index (χ1n) is 8.29. The lowest BCUT2D eigenvalue weighted by Crippen LogP contribution is -2.13. The molecule has 27 heavy (non-hydrogen) atoms. The molecule has 0 bridgehead atoms. The van der Waals surface area contributed by atoms with Gasteiger partial charge in [0, 0.05) is 11.3 Å². The van der Waals surface area contributed by atoms with Gasteiger partial charge in [-0.1, -0.05) is 41.6 Å². The second kappa shape index (κ2) is 6.96. The zero-order valence-electron chi connectivity index (χ0n) is 15.1. The van der Waals surface area contributed by atoms with Crippen molar-refractivity contribution >= 4 is 17.5 Å². The molecule has 2 aromatic carbocycles. The number of ether oxygens (including phenoxy) is 2. The molecule has 1 aliphatic rings. The fourth-order valence-corrected chi connectivity index (χ4v) is 3.66. The molecule has 1 aliphatic heterocycles. The van der Waals surface area contributed by atoms with E-state index in [2.05, 4.69) is 41.4 Å². The van der Waals surface area contributed by atoms with Gasteiger partial charge in [0.15, 0.2) is 17.3 Å². The lowest BCUT2D eigenvalue weighted by molar-refractivity contribution is 0.340. The Bertz CT molecular complexity index is 1000. The van der Waals surface area contributed by atoms with Crippen LogP contribution in [0.4, 0.5) is 0 Å². The van der Waals surface area contributed by atoms with Crippen LogP contribution in [-0.2, 0) is 0 Å². The number of rotatable bonds is 4. The normalized spacial score (nSPS) is 13.1. The minimum absolute atomic E-state index is 0.0552. The molecule has 0 aliphatic carbocycles. The van der Waals surface area contributed by atoms with Gasteiger partial charge in [0.05, 0.1) is 19.9 Å². The Morgan fingerprint density at radius 2 is 1.67 bits per heavy atom. The fourth-order valence-electron chi connectivity index (χ4n) is 2.82. The molecule has 8 heteroatoms. The summed E-state index contributed by atoms with van der Waals surface area (Å²) in [5.74, 6) is 1.82. The molecule has 0 atom stereocenters. The van der Waals surface area contributed by atoms with Crippen LogP contribution in [0.25, 0.3) is 11.4 Å². The third kappa shape index (κ3) is 3.12. The van der Waals surface area contributed by atoms with Crippen molar-refractivity contribution in [1.29, 1.82) is 0 Å². The number of methoxy groups -OCH3 is 2. The lowest BCUT2D eigenvalue weighted by atomic mass is 10.1. The molecule has 4 rings (SSSR count). The zero-order valence-corrected chi connectivity index (χ0v) is 15.9. The molecule has 7 nitrogen and oxygen atoms in total. The number of nitrogens with zero attached hydrogens (tertiary/aromatic N) is 4. The quantitative estimate of drug-likeness (QED) is 0.745. The number of fused-ring (bicyclic) bond motifs is 1. The molecule has 3 aromatic rings. The summed E-state index contributed by atoms with van der Waals surface area (Å²) in [6, 6.07) is 11.7. The van der Waals surface area contributed by atoms with E-state index in [1.807, 2.05) is 0 Å². The van der Waals surface area contributed by atoms with Crippen molar-refractivity contribution in [2.45, 2.75) is 12.1 Å². The molecule has 138 valence electrons. The molecule has 1 aromatic heterocycles. The summed E-state index contributed by atoms with van der Waals surface area (Å²) in [5.41, 5.74) is 3.91. The summed E-state index contributed by atoms with van der Waals surface area (Å²) >= 11 is 1.58. The number of hydrogen-bond acceptors (Lipinski definition) is 7. The number of aromatic nitrogens is 3. The van der Waals surface area contributed by atoms with E-state index >= 15 is 0 Å². The molecule has 1 N–H and O–H groups in total. The van der Waals surface area contributed by atoms with E-state index in [9.17, 15) is 5.11 Å². The smallest absolute Gasteiger partial charge is 0.212 e. The van der Waals surface area contributed by atoms with Gasteiger partial charge >= 0.3 is 0 Å². The average Bonchev–Trinajstić information content (AvgIpc) is 3.12. The van der Waals surface area contributed by atoms with Crippen LogP contribution in [0.15, 0.2) is 46.7 Å². The third-order valence-corrected chi connectivity index (χ3v) is 5.22. The maximum absolute atomic E-state index is 10.1. The number of aryl methyl sites for hydroxylation is 1. The highest BCUT2D eigenvalue weighted by Gasteiger charge is 2.22. The van der Waals surface area contributed by atoms with Crippen LogP contribution in [0.3, 0.4) is 0 Å². The topological polar surface area (TPSA) is 81.8 Å². The summed E-state index contributed by atoms with van der Waals surface area (Å²) in [5, 5.41) is 24.1. The number of aromatic hydroxyl groups is 1. The van der Waals surface area contributed by atoms with Gasteiger partial charge in [0.1, 0.15) is 0 Å². The number of phenols is 1. The van der Waals surface area contributed by atoms with E-state index in [0.717, 1.165) is 17.0 Å². The van der Waals surface area contributed by atoms with E-state index in [0.29, 0.717) is 28.0 Å². The van der Waals surface area contributed by atoms with Crippen molar-refractivity contribution in [3.63, 3.8) is 0 Å². The van der Waals surface area contributed by atoms with Crippen molar-refractivity contribution < 1.29 is 14.6 Å². The van der Waals surface area contributed by atoms with Crippen molar-refractivity contribution in [3.05, 3.63) is 47.5 Å². The van der Waals surface area contributed by atoms with Gasteiger partial charge in [-0.05, 0) is 24.6 Å². The van der Waals surface area contributed by atoms with Gasteiger partial charge in [-0.25, -0.2) is 0 Å². The number of thioether (sulfide) groups is 1. The molecule has 0 saturated carbocycles. The monoisotopic (exact) mass is 382 g/mol. The molecule has 0 unspecified atom stereocenters. The number of benzene rings is 2. The Hall–Kier alpha value is -3.00. The first-order chi connectivity index (χ1) is 13.1. The number of hydrogen-bond donors (Lipinski definition) is 1. The Balaban J connectivity index is 1.81. The highest BCUT2D eigenvalue weighted by molar-refractivity contribution is 7.99. The van der Waals surface area contributed by atoms with Crippen LogP contribution >= 0.6 is 11.8 Å². The van der Waals surface area contributed by atoms with Crippen molar-refractivity contribution in [2.24, 2.45) is 5.10 Å². The average molecular weight is 382 g/mol. The molecular formula is C19H18N4O3S. The summed E-state index contributed by atoms with van der Waals surface area (Å²) in [6.07, 6.45) is 0. The van der Waals surface area contributed by atoms with Crippen LogP contribution in [0, 0.1) is 6.92 Å². The second-order valence-corrected chi connectivity index (χ2v) is 6.99. The minimum Gasteiger partial charge on any atom is -0.502 e. The van der Waals surface area contributed by atoms with Crippen LogP contribution in [0.5, 0.6) is 17.2 Å².